The maximum absolute atomic E-state index is 8.90. The summed E-state index contributed by atoms with van der Waals surface area (Å²) in [4.78, 5) is 2.43. The van der Waals surface area contributed by atoms with Crippen LogP contribution in [0.3, 0.4) is 0 Å². The van der Waals surface area contributed by atoms with E-state index in [-0.39, 0.29) is 0 Å². The zero-order valence-electron chi connectivity index (χ0n) is 11.8. The number of hydrogen-bond donors (Lipinski definition) is 0. The van der Waals surface area contributed by atoms with E-state index in [1.165, 1.54) is 17.5 Å². The molecule has 0 saturated heterocycles. The van der Waals surface area contributed by atoms with Crippen LogP contribution in [0.4, 0.5) is 0 Å². The lowest BCUT2D eigenvalue weighted by Crippen LogP contribution is -2.22. The SMILES string of the molecule is N#Cc1ccc(CN2CCCc3ccccc3C2)c(Cl)c1. The average molecular weight is 297 g/mol. The number of rotatable bonds is 2. The lowest BCUT2D eigenvalue weighted by molar-refractivity contribution is 0.261. The Bertz CT molecular complexity index is 688. The molecule has 3 rings (SSSR count). The second-order valence-electron chi connectivity index (χ2n) is 5.50. The zero-order chi connectivity index (χ0) is 14.7. The van der Waals surface area contributed by atoms with Gasteiger partial charge in [0.15, 0.2) is 0 Å². The van der Waals surface area contributed by atoms with E-state index < -0.39 is 0 Å². The Morgan fingerprint density at radius 1 is 1.14 bits per heavy atom. The summed E-state index contributed by atoms with van der Waals surface area (Å²) in [6.07, 6.45) is 2.32. The van der Waals surface area contributed by atoms with Crippen LogP contribution >= 0.6 is 11.6 Å². The molecule has 21 heavy (non-hydrogen) atoms. The van der Waals surface area contributed by atoms with Crippen molar-refractivity contribution < 1.29 is 0 Å². The van der Waals surface area contributed by atoms with E-state index in [4.69, 9.17) is 16.9 Å². The molecule has 0 aliphatic carbocycles. The number of fused-ring (bicyclic) bond motifs is 1. The molecule has 0 saturated carbocycles. The van der Waals surface area contributed by atoms with Gasteiger partial charge in [0.25, 0.3) is 0 Å². The van der Waals surface area contributed by atoms with Crippen LogP contribution < -0.4 is 0 Å². The Morgan fingerprint density at radius 3 is 2.71 bits per heavy atom. The van der Waals surface area contributed by atoms with Crippen molar-refractivity contribution in [3.8, 4) is 6.07 Å². The molecule has 106 valence electrons. The van der Waals surface area contributed by atoms with E-state index in [1.807, 2.05) is 12.1 Å². The van der Waals surface area contributed by atoms with E-state index in [0.29, 0.717) is 10.6 Å². The summed E-state index contributed by atoms with van der Waals surface area (Å²) in [5.74, 6) is 0. The molecule has 0 aromatic heterocycles. The molecule has 1 heterocycles. The van der Waals surface area contributed by atoms with Crippen LogP contribution in [0, 0.1) is 11.3 Å². The van der Waals surface area contributed by atoms with E-state index in [9.17, 15) is 0 Å². The molecule has 3 heteroatoms. The van der Waals surface area contributed by atoms with Crippen molar-refractivity contribution in [3.05, 3.63) is 69.7 Å². The van der Waals surface area contributed by atoms with Crippen LogP contribution in [0.15, 0.2) is 42.5 Å². The van der Waals surface area contributed by atoms with Gasteiger partial charge < -0.3 is 0 Å². The van der Waals surface area contributed by atoms with Crippen molar-refractivity contribution in [2.24, 2.45) is 0 Å². The van der Waals surface area contributed by atoms with E-state index in [2.05, 4.69) is 35.2 Å². The molecule has 0 radical (unpaired) electrons. The predicted octanol–water partition coefficient (Wildman–Crippen LogP) is 4.16. The first-order valence-corrected chi connectivity index (χ1v) is 7.62. The van der Waals surface area contributed by atoms with Crippen LogP contribution in [-0.2, 0) is 19.5 Å². The van der Waals surface area contributed by atoms with Crippen molar-refractivity contribution in [1.29, 1.82) is 5.26 Å². The van der Waals surface area contributed by atoms with E-state index in [0.717, 1.165) is 31.6 Å². The minimum atomic E-state index is 0.616. The van der Waals surface area contributed by atoms with Crippen LogP contribution in [0.5, 0.6) is 0 Å². The van der Waals surface area contributed by atoms with Crippen molar-refractivity contribution in [1.82, 2.24) is 4.90 Å². The Labute approximate surface area is 130 Å². The number of benzene rings is 2. The summed E-state index contributed by atoms with van der Waals surface area (Å²) >= 11 is 6.29. The maximum Gasteiger partial charge on any atom is 0.0992 e. The highest BCUT2D eigenvalue weighted by atomic mass is 35.5. The highest BCUT2D eigenvalue weighted by molar-refractivity contribution is 6.31. The lowest BCUT2D eigenvalue weighted by atomic mass is 10.0. The fourth-order valence-corrected chi connectivity index (χ4v) is 3.13. The number of nitrogens with zero attached hydrogens (tertiary/aromatic N) is 2. The molecule has 2 nitrogen and oxygen atoms in total. The predicted molar refractivity (Wildman–Crippen MR) is 85.0 cm³/mol. The van der Waals surface area contributed by atoms with Crippen molar-refractivity contribution >= 4 is 11.6 Å². The lowest BCUT2D eigenvalue weighted by Gasteiger charge is -2.21. The van der Waals surface area contributed by atoms with Crippen LogP contribution in [-0.4, -0.2) is 11.4 Å². The first-order valence-electron chi connectivity index (χ1n) is 7.24. The van der Waals surface area contributed by atoms with Gasteiger partial charge >= 0.3 is 0 Å². The van der Waals surface area contributed by atoms with E-state index in [1.54, 1.807) is 6.07 Å². The molecule has 0 N–H and O–H groups in total. The van der Waals surface area contributed by atoms with Gasteiger partial charge in [0, 0.05) is 18.1 Å². The fraction of sp³-hybridized carbons (Fsp3) is 0.278. The quantitative estimate of drug-likeness (QED) is 0.832. The van der Waals surface area contributed by atoms with Gasteiger partial charge in [0.2, 0.25) is 0 Å². The Balaban J connectivity index is 1.78. The molecule has 0 atom stereocenters. The second-order valence-corrected chi connectivity index (χ2v) is 5.91. The van der Waals surface area contributed by atoms with Gasteiger partial charge in [0.1, 0.15) is 0 Å². The van der Waals surface area contributed by atoms with Gasteiger partial charge in [-0.1, -0.05) is 41.9 Å². The molecule has 1 aliphatic rings. The molecule has 2 aromatic rings. The maximum atomic E-state index is 8.90. The molecular weight excluding hydrogens is 280 g/mol. The third kappa shape index (κ3) is 3.26. The monoisotopic (exact) mass is 296 g/mol. The van der Waals surface area contributed by atoms with Crippen LogP contribution in [0.1, 0.15) is 28.7 Å². The second kappa shape index (κ2) is 6.30. The molecule has 2 aromatic carbocycles. The third-order valence-electron chi connectivity index (χ3n) is 4.01. The molecule has 0 fully saturated rings. The Kier molecular flexibility index (Phi) is 4.24. The zero-order valence-corrected chi connectivity index (χ0v) is 12.6. The summed E-state index contributed by atoms with van der Waals surface area (Å²) in [7, 11) is 0. The van der Waals surface area contributed by atoms with Crippen molar-refractivity contribution in [2.45, 2.75) is 25.9 Å². The van der Waals surface area contributed by atoms with Crippen molar-refractivity contribution in [2.75, 3.05) is 6.54 Å². The highest BCUT2D eigenvalue weighted by Gasteiger charge is 2.15. The molecule has 0 amide bonds. The number of hydrogen-bond acceptors (Lipinski definition) is 2. The van der Waals surface area contributed by atoms with Crippen molar-refractivity contribution in [3.63, 3.8) is 0 Å². The summed E-state index contributed by atoms with van der Waals surface area (Å²) < 4.78 is 0. The minimum absolute atomic E-state index is 0.616. The van der Waals surface area contributed by atoms with Gasteiger partial charge in [-0.3, -0.25) is 4.90 Å². The number of aryl methyl sites for hydroxylation is 1. The van der Waals surface area contributed by atoms with Crippen LogP contribution in [0.25, 0.3) is 0 Å². The summed E-state index contributed by atoms with van der Waals surface area (Å²) in [5, 5.41) is 9.59. The smallest absolute Gasteiger partial charge is 0.0992 e. The minimum Gasteiger partial charge on any atom is -0.295 e. The van der Waals surface area contributed by atoms with E-state index >= 15 is 0 Å². The number of nitriles is 1. The van der Waals surface area contributed by atoms with Gasteiger partial charge in [-0.2, -0.15) is 5.26 Å². The summed E-state index contributed by atoms with van der Waals surface area (Å²) in [6, 6.07) is 16.4. The molecule has 1 aliphatic heterocycles. The third-order valence-corrected chi connectivity index (χ3v) is 4.36. The topological polar surface area (TPSA) is 27.0 Å². The van der Waals surface area contributed by atoms with Gasteiger partial charge in [-0.25, -0.2) is 0 Å². The first kappa shape index (κ1) is 14.1. The van der Waals surface area contributed by atoms with Gasteiger partial charge in [-0.05, 0) is 48.2 Å². The average Bonchev–Trinajstić information content (AvgIpc) is 2.71. The molecule has 0 unspecified atom stereocenters. The summed E-state index contributed by atoms with van der Waals surface area (Å²) in [5.41, 5.74) is 4.59. The fourth-order valence-electron chi connectivity index (χ4n) is 2.89. The Morgan fingerprint density at radius 2 is 1.95 bits per heavy atom. The van der Waals surface area contributed by atoms with Gasteiger partial charge in [0.05, 0.1) is 11.6 Å². The highest BCUT2D eigenvalue weighted by Crippen LogP contribution is 2.23. The molecular formula is C18H17ClN2. The standard InChI is InChI=1S/C18H17ClN2/c19-18-10-14(11-20)7-8-17(18)13-21-9-3-6-15-4-1-2-5-16(15)12-21/h1-2,4-5,7-8,10H,3,6,9,12-13H2. The largest absolute Gasteiger partial charge is 0.295 e. The molecule has 0 spiro atoms. The molecule has 0 bridgehead atoms. The normalized spacial score (nSPS) is 15.0. The van der Waals surface area contributed by atoms with Crippen LogP contribution in [0.2, 0.25) is 5.02 Å². The number of halogens is 1. The van der Waals surface area contributed by atoms with Gasteiger partial charge in [-0.15, -0.1) is 0 Å². The Hall–Kier alpha value is -1.82. The first-order chi connectivity index (χ1) is 10.3. The summed E-state index contributed by atoms with van der Waals surface area (Å²) in [6.45, 7) is 2.87.